The van der Waals surface area contributed by atoms with Crippen molar-refractivity contribution in [3.8, 4) is 0 Å². The first-order valence-corrected chi connectivity index (χ1v) is 4.17. The lowest BCUT2D eigenvalue weighted by Gasteiger charge is -2.07. The molecule has 0 amide bonds. The number of hydrogen-bond donors (Lipinski definition) is 0. The van der Waals surface area contributed by atoms with Gasteiger partial charge in [-0.2, -0.15) is 0 Å². The third-order valence-corrected chi connectivity index (χ3v) is 1.82. The van der Waals surface area contributed by atoms with E-state index in [-0.39, 0.29) is 5.82 Å². The Morgan fingerprint density at radius 2 is 2.07 bits per heavy atom. The average Bonchev–Trinajstić information content (AvgIpc) is 2.75. The molecule has 1 aromatic heterocycles. The summed E-state index contributed by atoms with van der Waals surface area (Å²) in [6.45, 7) is 1.58. The Bertz CT molecular complexity index is 374. The van der Waals surface area contributed by atoms with Gasteiger partial charge in [0.1, 0.15) is 12.4 Å². The van der Waals surface area contributed by atoms with E-state index in [1.807, 2.05) is 0 Å². The van der Waals surface area contributed by atoms with E-state index in [1.54, 1.807) is 6.92 Å². The van der Waals surface area contributed by atoms with Crippen molar-refractivity contribution in [3.05, 3.63) is 12.2 Å². The highest BCUT2D eigenvalue weighted by atomic mass is 16.5. The zero-order valence-electron chi connectivity index (χ0n) is 8.63. The predicted octanol–water partition coefficient (Wildman–Crippen LogP) is -0.201. The average molecular weight is 213 g/mol. The van der Waals surface area contributed by atoms with Crippen LogP contribution in [0.2, 0.25) is 0 Å². The Morgan fingerprint density at radius 3 is 2.60 bits per heavy atom. The highest BCUT2D eigenvalue weighted by molar-refractivity contribution is 5.84. The molecule has 1 aromatic rings. The van der Waals surface area contributed by atoms with Crippen molar-refractivity contribution in [1.29, 1.82) is 0 Å². The van der Waals surface area contributed by atoms with E-state index in [2.05, 4.69) is 19.6 Å². The number of aromatic nitrogens is 3. The van der Waals surface area contributed by atoms with Gasteiger partial charge in [-0.1, -0.05) is 0 Å². The van der Waals surface area contributed by atoms with Crippen LogP contribution in [0.15, 0.2) is 6.33 Å². The third-order valence-electron chi connectivity index (χ3n) is 1.82. The van der Waals surface area contributed by atoms with Crippen molar-refractivity contribution in [2.24, 2.45) is 0 Å². The Morgan fingerprint density at radius 1 is 1.40 bits per heavy atom. The summed E-state index contributed by atoms with van der Waals surface area (Å²) in [4.78, 5) is 25.8. The minimum atomic E-state index is -0.647. The summed E-state index contributed by atoms with van der Waals surface area (Å²) in [5.74, 6) is -1.20. The highest BCUT2D eigenvalue weighted by Crippen LogP contribution is 2.05. The van der Waals surface area contributed by atoms with Crippen LogP contribution < -0.4 is 0 Å². The number of ether oxygens (including phenoxy) is 2. The summed E-state index contributed by atoms with van der Waals surface area (Å²) in [6, 6.07) is -0.624. The molecule has 0 aromatic carbocycles. The van der Waals surface area contributed by atoms with E-state index in [9.17, 15) is 9.59 Å². The van der Waals surface area contributed by atoms with Gasteiger partial charge in [-0.05, 0) is 6.92 Å². The van der Waals surface area contributed by atoms with Crippen LogP contribution in [0.3, 0.4) is 0 Å². The molecule has 1 atom stereocenters. The second-order valence-corrected chi connectivity index (χ2v) is 2.74. The normalized spacial score (nSPS) is 11.9. The molecule has 0 aliphatic heterocycles. The van der Waals surface area contributed by atoms with Crippen LogP contribution >= 0.6 is 0 Å². The summed E-state index contributed by atoms with van der Waals surface area (Å²) in [6.07, 6.45) is 1.27. The highest BCUT2D eigenvalue weighted by Gasteiger charge is 2.19. The van der Waals surface area contributed by atoms with Gasteiger partial charge in [0.05, 0.1) is 14.2 Å². The molecule has 7 heteroatoms. The second-order valence-electron chi connectivity index (χ2n) is 2.74. The van der Waals surface area contributed by atoms with E-state index in [0.717, 1.165) is 0 Å². The smallest absolute Gasteiger partial charge is 0.377 e. The molecule has 82 valence electrons. The summed E-state index contributed by atoms with van der Waals surface area (Å²) < 4.78 is 10.2. The number of hydrogen-bond acceptors (Lipinski definition) is 6. The molecule has 0 unspecified atom stereocenters. The van der Waals surface area contributed by atoms with Crippen LogP contribution in [0, 0.1) is 0 Å². The minimum absolute atomic E-state index is 0.0896. The van der Waals surface area contributed by atoms with Crippen molar-refractivity contribution < 1.29 is 19.1 Å². The number of methoxy groups -OCH3 is 2. The van der Waals surface area contributed by atoms with Crippen LogP contribution in [0.1, 0.15) is 23.6 Å². The molecular formula is C8H11N3O4. The van der Waals surface area contributed by atoms with Gasteiger partial charge < -0.3 is 9.47 Å². The molecule has 15 heavy (non-hydrogen) atoms. The molecule has 0 bridgehead atoms. The monoisotopic (exact) mass is 213 g/mol. The summed E-state index contributed by atoms with van der Waals surface area (Å²) in [5, 5.41) is 3.78. The summed E-state index contributed by atoms with van der Waals surface area (Å²) >= 11 is 0. The predicted molar refractivity (Wildman–Crippen MR) is 48.1 cm³/mol. The number of nitrogens with zero attached hydrogens (tertiary/aromatic N) is 3. The van der Waals surface area contributed by atoms with Gasteiger partial charge in [0.15, 0.2) is 0 Å². The molecule has 0 N–H and O–H groups in total. The molecule has 0 radical (unpaired) electrons. The Balaban J connectivity index is 2.84. The number of rotatable bonds is 3. The minimum Gasteiger partial charge on any atom is -0.467 e. The molecule has 0 aliphatic carbocycles. The Hall–Kier alpha value is -1.92. The maximum atomic E-state index is 11.1. The molecule has 0 fully saturated rings. The van der Waals surface area contributed by atoms with E-state index in [0.29, 0.717) is 0 Å². The van der Waals surface area contributed by atoms with Gasteiger partial charge >= 0.3 is 11.9 Å². The van der Waals surface area contributed by atoms with Crippen LogP contribution in [0.4, 0.5) is 0 Å². The zero-order chi connectivity index (χ0) is 11.4. The summed E-state index contributed by atoms with van der Waals surface area (Å²) in [7, 11) is 2.50. The lowest BCUT2D eigenvalue weighted by molar-refractivity contribution is -0.144. The van der Waals surface area contributed by atoms with Gasteiger partial charge in [-0.25, -0.2) is 19.3 Å². The Kier molecular flexibility index (Phi) is 3.37. The lowest BCUT2D eigenvalue weighted by Crippen LogP contribution is -2.18. The van der Waals surface area contributed by atoms with Crippen molar-refractivity contribution in [1.82, 2.24) is 14.8 Å². The van der Waals surface area contributed by atoms with Crippen LogP contribution in [0.25, 0.3) is 0 Å². The third kappa shape index (κ3) is 2.30. The van der Waals surface area contributed by atoms with Crippen molar-refractivity contribution in [2.75, 3.05) is 14.2 Å². The molecule has 0 saturated heterocycles. The van der Waals surface area contributed by atoms with Crippen molar-refractivity contribution in [2.45, 2.75) is 13.0 Å². The number of carbonyl (C=O) groups is 2. The van der Waals surface area contributed by atoms with Gasteiger partial charge in [0.2, 0.25) is 0 Å². The lowest BCUT2D eigenvalue weighted by atomic mass is 10.4. The molecule has 7 nitrogen and oxygen atoms in total. The fraction of sp³-hybridized carbons (Fsp3) is 0.500. The number of esters is 2. The molecule has 0 aliphatic rings. The van der Waals surface area contributed by atoms with Crippen molar-refractivity contribution in [3.63, 3.8) is 0 Å². The van der Waals surface area contributed by atoms with Gasteiger partial charge in [-0.15, -0.1) is 5.10 Å². The fourth-order valence-corrected chi connectivity index (χ4v) is 0.925. The van der Waals surface area contributed by atoms with Gasteiger partial charge in [0, 0.05) is 0 Å². The van der Waals surface area contributed by atoms with E-state index < -0.39 is 18.0 Å². The SMILES string of the molecule is COC(=O)c1ncn([C@H](C)C(=O)OC)n1. The van der Waals surface area contributed by atoms with E-state index in [4.69, 9.17) is 0 Å². The maximum Gasteiger partial charge on any atom is 0.377 e. The first-order valence-electron chi connectivity index (χ1n) is 4.17. The van der Waals surface area contributed by atoms with Gasteiger partial charge in [0.25, 0.3) is 5.82 Å². The topological polar surface area (TPSA) is 83.3 Å². The van der Waals surface area contributed by atoms with Crippen molar-refractivity contribution >= 4 is 11.9 Å². The standard InChI is InChI=1S/C8H11N3O4/c1-5(7(12)14-2)11-4-9-6(10-11)8(13)15-3/h4-5H,1-3H3/t5-/m1/s1. The molecule has 1 heterocycles. The quantitative estimate of drug-likeness (QED) is 0.646. The molecular weight excluding hydrogens is 202 g/mol. The maximum absolute atomic E-state index is 11.1. The summed E-state index contributed by atoms with van der Waals surface area (Å²) in [5.41, 5.74) is 0. The molecule has 0 spiro atoms. The first kappa shape index (κ1) is 11.2. The Labute approximate surface area is 86.0 Å². The fourth-order valence-electron chi connectivity index (χ4n) is 0.925. The molecule has 0 saturated carbocycles. The van der Waals surface area contributed by atoms with E-state index in [1.165, 1.54) is 25.2 Å². The van der Waals surface area contributed by atoms with Gasteiger partial charge in [-0.3, -0.25) is 0 Å². The largest absolute Gasteiger partial charge is 0.467 e. The zero-order valence-corrected chi connectivity index (χ0v) is 8.63. The second kappa shape index (κ2) is 4.54. The van der Waals surface area contributed by atoms with E-state index >= 15 is 0 Å². The first-order chi connectivity index (χ1) is 7.10. The van der Waals surface area contributed by atoms with Crippen LogP contribution in [-0.4, -0.2) is 40.9 Å². The molecule has 1 rings (SSSR count). The van der Waals surface area contributed by atoms with Crippen LogP contribution in [-0.2, 0) is 14.3 Å². The van der Waals surface area contributed by atoms with Crippen LogP contribution in [0.5, 0.6) is 0 Å². The number of carbonyl (C=O) groups excluding carboxylic acids is 2.